The van der Waals surface area contributed by atoms with Crippen LogP contribution in [-0.2, 0) is 0 Å². The van der Waals surface area contributed by atoms with Gasteiger partial charge < -0.3 is 0 Å². The molecule has 1 aromatic heterocycles. The summed E-state index contributed by atoms with van der Waals surface area (Å²) in [6, 6.07) is 6.75. The fraction of sp³-hybridized carbons (Fsp3) is 0.0909. The number of carbonyl (C=O) groups is 1. The van der Waals surface area contributed by atoms with Crippen molar-refractivity contribution in [2.45, 2.75) is 6.92 Å². The van der Waals surface area contributed by atoms with Crippen LogP contribution in [0, 0.1) is 0 Å². The molecule has 2 rings (SSSR count). The van der Waals surface area contributed by atoms with E-state index in [0.717, 1.165) is 0 Å². The molecule has 16 heavy (non-hydrogen) atoms. The predicted molar refractivity (Wildman–Crippen MR) is 61.4 cm³/mol. The Kier molecular flexibility index (Phi) is 2.66. The minimum absolute atomic E-state index is 0.148. The highest BCUT2D eigenvalue weighted by molar-refractivity contribution is 6.30. The van der Waals surface area contributed by atoms with Crippen LogP contribution in [0.3, 0.4) is 0 Å². The number of halogens is 1. The Morgan fingerprint density at radius 3 is 2.44 bits per heavy atom. The van der Waals surface area contributed by atoms with Crippen molar-refractivity contribution < 1.29 is 4.79 Å². The minimum Gasteiger partial charge on any atom is -0.297 e. The molecule has 0 amide bonds. The maximum Gasteiger partial charge on any atom is 0.282 e. The summed E-state index contributed by atoms with van der Waals surface area (Å²) in [5.41, 5.74) is 0.437. The molecule has 0 atom stereocenters. The number of ketones is 1. The Balaban J connectivity index is 2.53. The largest absolute Gasteiger partial charge is 0.297 e. The molecule has 82 valence electrons. The molecule has 0 aliphatic carbocycles. The third-order valence-corrected chi connectivity index (χ3v) is 2.49. The molecule has 0 fully saturated rings. The number of Topliss-reactive ketones (excluding diaryl/α,β-unsaturated/α-hetero) is 1. The fourth-order valence-corrected chi connectivity index (χ4v) is 1.53. The van der Waals surface area contributed by atoms with Crippen LogP contribution >= 0.6 is 11.6 Å². The van der Waals surface area contributed by atoms with Crippen LogP contribution in [0.2, 0.25) is 5.02 Å². The molecule has 0 bridgehead atoms. The van der Waals surface area contributed by atoms with Crippen LogP contribution in [0.15, 0.2) is 35.3 Å². The van der Waals surface area contributed by atoms with Gasteiger partial charge in [0.25, 0.3) is 5.56 Å². The molecule has 1 aromatic carbocycles. The van der Waals surface area contributed by atoms with Gasteiger partial charge >= 0.3 is 0 Å². The van der Waals surface area contributed by atoms with E-state index in [1.165, 1.54) is 17.8 Å². The monoisotopic (exact) mass is 236 g/mol. The Bertz CT molecular complexity index is 581. The van der Waals surface area contributed by atoms with Gasteiger partial charge in [-0.25, -0.2) is 4.68 Å². The second-order valence-corrected chi connectivity index (χ2v) is 3.80. The van der Waals surface area contributed by atoms with Crippen molar-refractivity contribution >= 4 is 17.4 Å². The van der Waals surface area contributed by atoms with Crippen molar-refractivity contribution in [1.82, 2.24) is 9.78 Å². The fourth-order valence-electron chi connectivity index (χ4n) is 1.40. The van der Waals surface area contributed by atoms with Crippen molar-refractivity contribution in [3.63, 3.8) is 0 Å². The standard InChI is InChI=1S/C11H9ClN2O2/c1-7(15)10-6-13-14(11(10)16)9-4-2-8(12)3-5-9/h2-6,13H,1H3. The van der Waals surface area contributed by atoms with E-state index in [4.69, 9.17) is 11.6 Å². The third-order valence-electron chi connectivity index (χ3n) is 2.24. The van der Waals surface area contributed by atoms with Gasteiger partial charge in [-0.2, -0.15) is 0 Å². The second-order valence-electron chi connectivity index (χ2n) is 3.36. The first kappa shape index (κ1) is 10.7. The molecule has 0 aliphatic rings. The normalized spacial score (nSPS) is 10.4. The summed E-state index contributed by atoms with van der Waals surface area (Å²) in [7, 11) is 0. The lowest BCUT2D eigenvalue weighted by molar-refractivity contribution is 0.101. The number of benzene rings is 1. The van der Waals surface area contributed by atoms with E-state index in [9.17, 15) is 9.59 Å². The average Bonchev–Trinajstić information content (AvgIpc) is 2.61. The topological polar surface area (TPSA) is 54.9 Å². The van der Waals surface area contributed by atoms with E-state index in [1.54, 1.807) is 24.3 Å². The zero-order valence-corrected chi connectivity index (χ0v) is 9.28. The summed E-state index contributed by atoms with van der Waals surface area (Å²) in [5.74, 6) is -0.256. The van der Waals surface area contributed by atoms with Crippen LogP contribution in [0.25, 0.3) is 5.69 Å². The van der Waals surface area contributed by atoms with Crippen molar-refractivity contribution in [3.8, 4) is 5.69 Å². The van der Waals surface area contributed by atoms with Gasteiger partial charge in [0.05, 0.1) is 5.69 Å². The maximum absolute atomic E-state index is 11.8. The molecule has 0 unspecified atom stereocenters. The van der Waals surface area contributed by atoms with Gasteiger partial charge in [-0.3, -0.25) is 14.7 Å². The average molecular weight is 237 g/mol. The molecule has 4 nitrogen and oxygen atoms in total. The van der Waals surface area contributed by atoms with Crippen molar-refractivity contribution in [1.29, 1.82) is 0 Å². The molecule has 2 aromatic rings. The van der Waals surface area contributed by atoms with Gasteiger partial charge in [0.1, 0.15) is 5.56 Å². The summed E-state index contributed by atoms with van der Waals surface area (Å²) in [4.78, 5) is 22.9. The zero-order chi connectivity index (χ0) is 11.7. The van der Waals surface area contributed by atoms with Gasteiger partial charge in [-0.05, 0) is 31.2 Å². The predicted octanol–water partition coefficient (Wildman–Crippen LogP) is 2.02. The summed E-state index contributed by atoms with van der Waals surface area (Å²) in [6.45, 7) is 1.36. The first-order chi connectivity index (χ1) is 7.59. The van der Waals surface area contributed by atoms with E-state index in [0.29, 0.717) is 10.7 Å². The van der Waals surface area contributed by atoms with Crippen molar-refractivity contribution in [2.75, 3.05) is 0 Å². The Morgan fingerprint density at radius 2 is 1.94 bits per heavy atom. The van der Waals surface area contributed by atoms with E-state index < -0.39 is 0 Å². The number of rotatable bonds is 2. The number of aromatic nitrogens is 2. The lowest BCUT2D eigenvalue weighted by Gasteiger charge is -2.00. The van der Waals surface area contributed by atoms with Crippen LogP contribution in [-0.4, -0.2) is 15.6 Å². The lowest BCUT2D eigenvalue weighted by atomic mass is 10.2. The Labute approximate surface area is 96.5 Å². The molecule has 0 saturated carbocycles. The summed E-state index contributed by atoms with van der Waals surface area (Å²) >= 11 is 5.74. The Hall–Kier alpha value is -1.81. The maximum atomic E-state index is 11.8. The number of H-pyrrole nitrogens is 1. The van der Waals surface area contributed by atoms with E-state index in [-0.39, 0.29) is 16.9 Å². The number of nitrogens with zero attached hydrogens (tertiary/aromatic N) is 1. The van der Waals surface area contributed by atoms with Gasteiger partial charge in [0.2, 0.25) is 0 Å². The number of carbonyl (C=O) groups excluding carboxylic acids is 1. The molecular formula is C11H9ClN2O2. The lowest BCUT2D eigenvalue weighted by Crippen LogP contribution is -2.18. The molecule has 0 radical (unpaired) electrons. The van der Waals surface area contributed by atoms with E-state index in [1.807, 2.05) is 0 Å². The van der Waals surface area contributed by atoms with E-state index in [2.05, 4.69) is 5.10 Å². The SMILES string of the molecule is CC(=O)c1c[nH]n(-c2ccc(Cl)cc2)c1=O. The van der Waals surface area contributed by atoms with Gasteiger partial charge in [0, 0.05) is 11.2 Å². The molecule has 0 aliphatic heterocycles. The number of aromatic amines is 1. The molecule has 1 heterocycles. The number of nitrogens with one attached hydrogen (secondary N) is 1. The van der Waals surface area contributed by atoms with Gasteiger partial charge in [-0.1, -0.05) is 11.6 Å². The van der Waals surface area contributed by atoms with Crippen LogP contribution < -0.4 is 5.56 Å². The van der Waals surface area contributed by atoms with Crippen LogP contribution in [0.5, 0.6) is 0 Å². The Morgan fingerprint density at radius 1 is 1.31 bits per heavy atom. The first-order valence-corrected chi connectivity index (χ1v) is 5.04. The number of hydrogen-bond donors (Lipinski definition) is 1. The summed E-state index contributed by atoms with van der Waals surface area (Å²) in [6.07, 6.45) is 1.40. The van der Waals surface area contributed by atoms with Gasteiger partial charge in [0.15, 0.2) is 5.78 Å². The zero-order valence-electron chi connectivity index (χ0n) is 8.53. The number of hydrogen-bond acceptors (Lipinski definition) is 2. The van der Waals surface area contributed by atoms with Crippen LogP contribution in [0.4, 0.5) is 0 Å². The van der Waals surface area contributed by atoms with Crippen LogP contribution in [0.1, 0.15) is 17.3 Å². The molecule has 0 spiro atoms. The minimum atomic E-state index is -0.352. The molecular weight excluding hydrogens is 228 g/mol. The highest BCUT2D eigenvalue weighted by Crippen LogP contribution is 2.11. The molecule has 0 saturated heterocycles. The first-order valence-electron chi connectivity index (χ1n) is 4.67. The van der Waals surface area contributed by atoms with Gasteiger partial charge in [-0.15, -0.1) is 0 Å². The second kappa shape index (κ2) is 3.98. The smallest absolute Gasteiger partial charge is 0.282 e. The third kappa shape index (κ3) is 1.79. The summed E-state index contributed by atoms with van der Waals surface area (Å²) < 4.78 is 1.30. The molecule has 1 N–H and O–H groups in total. The van der Waals surface area contributed by atoms with Crippen molar-refractivity contribution in [2.24, 2.45) is 0 Å². The van der Waals surface area contributed by atoms with E-state index >= 15 is 0 Å². The molecule has 5 heteroatoms. The van der Waals surface area contributed by atoms with Crippen molar-refractivity contribution in [3.05, 3.63) is 51.4 Å². The summed E-state index contributed by atoms with van der Waals surface area (Å²) in [5, 5.41) is 3.32. The highest BCUT2D eigenvalue weighted by atomic mass is 35.5. The quantitative estimate of drug-likeness (QED) is 0.811. The highest BCUT2D eigenvalue weighted by Gasteiger charge is 2.10.